The van der Waals surface area contributed by atoms with Crippen molar-refractivity contribution in [2.24, 2.45) is 0 Å². The lowest BCUT2D eigenvalue weighted by Gasteiger charge is -2.48. The SMILES string of the molecule is CC1(C)c2ccccc2N2c3cc(-c4ccccc4)ccc3N(c3ccc(-c4ccc(-c5ccccc5)cc4)cc3)c3cccc1c32. The molecule has 9 rings (SSSR count). The van der Waals surface area contributed by atoms with Crippen LogP contribution in [-0.2, 0) is 5.41 Å². The van der Waals surface area contributed by atoms with Crippen LogP contribution in [-0.4, -0.2) is 0 Å². The van der Waals surface area contributed by atoms with Crippen LogP contribution in [0.5, 0.6) is 0 Å². The summed E-state index contributed by atoms with van der Waals surface area (Å²) in [5.74, 6) is 0. The van der Waals surface area contributed by atoms with Gasteiger partial charge in [0.25, 0.3) is 0 Å². The van der Waals surface area contributed by atoms with E-state index in [-0.39, 0.29) is 5.41 Å². The van der Waals surface area contributed by atoms with Gasteiger partial charge in [-0.15, -0.1) is 0 Å². The molecule has 0 unspecified atom stereocenters. The van der Waals surface area contributed by atoms with E-state index in [9.17, 15) is 0 Å². The van der Waals surface area contributed by atoms with E-state index < -0.39 is 0 Å². The van der Waals surface area contributed by atoms with Gasteiger partial charge in [-0.3, -0.25) is 0 Å². The first-order valence-electron chi connectivity index (χ1n) is 16.4. The number of hydrogen-bond donors (Lipinski definition) is 0. The molecule has 7 aromatic rings. The highest BCUT2D eigenvalue weighted by Crippen LogP contribution is 2.61. The monoisotopic (exact) mass is 602 g/mol. The fourth-order valence-electron chi connectivity index (χ4n) is 7.56. The Balaban J connectivity index is 1.19. The summed E-state index contributed by atoms with van der Waals surface area (Å²) in [4.78, 5) is 4.96. The summed E-state index contributed by atoms with van der Waals surface area (Å²) in [5, 5.41) is 0. The third-order valence-corrected chi connectivity index (χ3v) is 9.99. The summed E-state index contributed by atoms with van der Waals surface area (Å²) >= 11 is 0. The van der Waals surface area contributed by atoms with Gasteiger partial charge in [0.15, 0.2) is 0 Å². The molecule has 0 aliphatic carbocycles. The second kappa shape index (κ2) is 10.6. The fourth-order valence-corrected chi connectivity index (χ4v) is 7.56. The number of rotatable bonds is 4. The molecule has 0 saturated carbocycles. The molecule has 2 heterocycles. The standard InChI is InChI=1S/C45H34N2/c1-45(2)38-16-9-10-18-40(38)47-43-30-36(32-14-7-4-8-15-32)26-29-41(43)46(42-19-11-17-39(45)44(42)47)37-27-24-35(25-28-37)34-22-20-33(21-23-34)31-12-5-3-6-13-31/h3-30H,1-2H3. The van der Waals surface area contributed by atoms with Crippen LogP contribution < -0.4 is 9.80 Å². The number of anilines is 6. The number of nitrogens with zero attached hydrogens (tertiary/aromatic N) is 2. The van der Waals surface area contributed by atoms with Crippen LogP contribution in [0.4, 0.5) is 34.1 Å². The van der Waals surface area contributed by atoms with Gasteiger partial charge in [0.1, 0.15) is 0 Å². The number of para-hydroxylation sites is 2. The smallest absolute Gasteiger partial charge is 0.0744 e. The van der Waals surface area contributed by atoms with Crippen LogP contribution in [0, 0.1) is 0 Å². The highest BCUT2D eigenvalue weighted by molar-refractivity contribution is 6.05. The quantitative estimate of drug-likeness (QED) is 0.198. The molecule has 0 saturated heterocycles. The second-order valence-electron chi connectivity index (χ2n) is 13.0. The highest BCUT2D eigenvalue weighted by atomic mass is 15.3. The summed E-state index contributed by atoms with van der Waals surface area (Å²) in [6, 6.07) is 61.9. The molecule has 2 aliphatic heterocycles. The summed E-state index contributed by atoms with van der Waals surface area (Å²) < 4.78 is 0. The Morgan fingerprint density at radius 1 is 0.340 bits per heavy atom. The molecule has 0 amide bonds. The Morgan fingerprint density at radius 3 is 1.49 bits per heavy atom. The van der Waals surface area contributed by atoms with Gasteiger partial charge in [-0.25, -0.2) is 0 Å². The molecule has 2 nitrogen and oxygen atoms in total. The van der Waals surface area contributed by atoms with E-state index in [2.05, 4.69) is 194 Å². The zero-order chi connectivity index (χ0) is 31.5. The van der Waals surface area contributed by atoms with Crippen molar-refractivity contribution in [3.05, 3.63) is 181 Å². The number of benzene rings is 7. The second-order valence-corrected chi connectivity index (χ2v) is 13.0. The molecule has 7 aromatic carbocycles. The van der Waals surface area contributed by atoms with Crippen molar-refractivity contribution < 1.29 is 0 Å². The zero-order valence-corrected chi connectivity index (χ0v) is 26.6. The molecule has 0 radical (unpaired) electrons. The molecular formula is C45H34N2. The normalized spacial score (nSPS) is 13.8. The van der Waals surface area contributed by atoms with Gasteiger partial charge < -0.3 is 9.80 Å². The highest BCUT2D eigenvalue weighted by Gasteiger charge is 2.42. The van der Waals surface area contributed by atoms with Crippen LogP contribution in [0.15, 0.2) is 170 Å². The number of hydrogen-bond acceptors (Lipinski definition) is 2. The first kappa shape index (κ1) is 27.5. The Hall–Kier alpha value is -5.86. The Labute approximate surface area is 276 Å². The van der Waals surface area contributed by atoms with Crippen LogP contribution in [0.2, 0.25) is 0 Å². The summed E-state index contributed by atoms with van der Waals surface area (Å²) in [6.45, 7) is 4.72. The predicted molar refractivity (Wildman–Crippen MR) is 198 cm³/mol. The Kier molecular flexibility index (Phi) is 6.20. The van der Waals surface area contributed by atoms with E-state index in [1.54, 1.807) is 0 Å². The minimum Gasteiger partial charge on any atom is -0.306 e. The van der Waals surface area contributed by atoms with E-state index in [0.717, 1.165) is 5.69 Å². The molecule has 47 heavy (non-hydrogen) atoms. The van der Waals surface area contributed by atoms with Crippen molar-refractivity contribution in [2.75, 3.05) is 9.80 Å². The van der Waals surface area contributed by atoms with Gasteiger partial charge in [-0.2, -0.15) is 0 Å². The zero-order valence-electron chi connectivity index (χ0n) is 26.6. The molecule has 0 aromatic heterocycles. The molecular weight excluding hydrogens is 569 g/mol. The maximum absolute atomic E-state index is 2.51. The third-order valence-electron chi connectivity index (χ3n) is 9.99. The molecule has 2 aliphatic rings. The average Bonchev–Trinajstić information content (AvgIpc) is 3.14. The lowest BCUT2D eigenvalue weighted by Crippen LogP contribution is -2.34. The topological polar surface area (TPSA) is 6.48 Å². The first-order chi connectivity index (χ1) is 23.1. The minimum absolute atomic E-state index is 0.144. The van der Waals surface area contributed by atoms with E-state index >= 15 is 0 Å². The first-order valence-corrected chi connectivity index (χ1v) is 16.4. The van der Waals surface area contributed by atoms with Crippen molar-refractivity contribution in [3.63, 3.8) is 0 Å². The van der Waals surface area contributed by atoms with Gasteiger partial charge in [-0.1, -0.05) is 147 Å². The summed E-state index contributed by atoms with van der Waals surface area (Å²) in [7, 11) is 0. The van der Waals surface area contributed by atoms with Gasteiger partial charge >= 0.3 is 0 Å². The lowest BCUT2D eigenvalue weighted by atomic mass is 9.72. The van der Waals surface area contributed by atoms with E-state index in [1.165, 1.54) is 72.9 Å². The molecule has 0 N–H and O–H groups in total. The van der Waals surface area contributed by atoms with Crippen LogP contribution in [0.25, 0.3) is 33.4 Å². The Bertz CT molecular complexity index is 2250. The minimum atomic E-state index is -0.144. The molecule has 0 fully saturated rings. The molecule has 224 valence electrons. The summed E-state index contributed by atoms with van der Waals surface area (Å²) in [5.41, 5.74) is 17.1. The fraction of sp³-hybridized carbons (Fsp3) is 0.0667. The predicted octanol–water partition coefficient (Wildman–Crippen LogP) is 12.6. The molecule has 2 heteroatoms. The van der Waals surface area contributed by atoms with Crippen molar-refractivity contribution in [1.82, 2.24) is 0 Å². The van der Waals surface area contributed by atoms with E-state index in [1.807, 2.05) is 0 Å². The van der Waals surface area contributed by atoms with Crippen LogP contribution in [0.3, 0.4) is 0 Å². The van der Waals surface area contributed by atoms with Crippen molar-refractivity contribution in [2.45, 2.75) is 19.3 Å². The van der Waals surface area contributed by atoms with Crippen molar-refractivity contribution in [1.29, 1.82) is 0 Å². The van der Waals surface area contributed by atoms with Gasteiger partial charge in [0, 0.05) is 11.1 Å². The van der Waals surface area contributed by atoms with Gasteiger partial charge in [0.2, 0.25) is 0 Å². The summed E-state index contributed by atoms with van der Waals surface area (Å²) in [6.07, 6.45) is 0. The number of fused-ring (bicyclic) bond motifs is 4. The maximum Gasteiger partial charge on any atom is 0.0744 e. The van der Waals surface area contributed by atoms with E-state index in [0.29, 0.717) is 0 Å². The van der Waals surface area contributed by atoms with Crippen LogP contribution >= 0.6 is 0 Å². The van der Waals surface area contributed by atoms with Gasteiger partial charge in [0.05, 0.1) is 28.4 Å². The Morgan fingerprint density at radius 2 is 0.830 bits per heavy atom. The lowest BCUT2D eigenvalue weighted by molar-refractivity contribution is 0.631. The average molecular weight is 603 g/mol. The largest absolute Gasteiger partial charge is 0.306 e. The van der Waals surface area contributed by atoms with Crippen molar-refractivity contribution in [3.8, 4) is 33.4 Å². The van der Waals surface area contributed by atoms with Crippen molar-refractivity contribution >= 4 is 34.1 Å². The van der Waals surface area contributed by atoms with E-state index in [4.69, 9.17) is 0 Å². The molecule has 0 bridgehead atoms. The molecule has 0 atom stereocenters. The maximum atomic E-state index is 2.51. The molecule has 0 spiro atoms. The van der Waals surface area contributed by atoms with Crippen LogP contribution in [0.1, 0.15) is 25.0 Å². The third kappa shape index (κ3) is 4.33. The van der Waals surface area contributed by atoms with Gasteiger partial charge in [-0.05, 0) is 80.9 Å².